The Morgan fingerprint density at radius 3 is 2.03 bits per heavy atom. The molecule has 0 aliphatic carbocycles. The number of likely N-dealkylation sites (N-methyl/N-ethyl adjacent to an activating group) is 1. The molecule has 3 rings (SSSR count). The number of aliphatic hydroxyl groups is 1. The van der Waals surface area contributed by atoms with Crippen LogP contribution in [-0.2, 0) is 9.59 Å². The normalized spacial score (nSPS) is 16.9. The molecule has 9 nitrogen and oxygen atoms in total. The number of aliphatic hydroxyl groups excluding tert-OH is 1. The highest BCUT2D eigenvalue weighted by Crippen LogP contribution is 2.45. The van der Waals surface area contributed by atoms with Gasteiger partial charge in [-0.25, -0.2) is 0 Å². The molecule has 0 spiro atoms. The lowest BCUT2D eigenvalue weighted by molar-refractivity contribution is -0.140. The smallest absolute Gasteiger partial charge is 0.295 e. The number of amides is 1. The number of hydrogen-bond donors (Lipinski definition) is 1. The monoisotopic (exact) mass is 526 g/mol. The Morgan fingerprint density at radius 2 is 1.55 bits per heavy atom. The zero-order chi connectivity index (χ0) is 28.0. The summed E-state index contributed by atoms with van der Waals surface area (Å²) in [5.41, 5.74) is 0.959. The molecule has 2 aromatic carbocycles. The Balaban J connectivity index is 2.18. The molecule has 1 unspecified atom stereocenters. The predicted molar refractivity (Wildman–Crippen MR) is 145 cm³/mol. The lowest BCUT2D eigenvalue weighted by Gasteiger charge is -2.29. The van der Waals surface area contributed by atoms with Crippen molar-refractivity contribution in [2.45, 2.75) is 39.8 Å². The molecule has 1 atom stereocenters. The van der Waals surface area contributed by atoms with Gasteiger partial charge in [-0.05, 0) is 68.9 Å². The lowest BCUT2D eigenvalue weighted by Crippen LogP contribution is -2.38. The van der Waals surface area contributed by atoms with Gasteiger partial charge in [0, 0.05) is 18.7 Å². The summed E-state index contributed by atoms with van der Waals surface area (Å²) in [5.74, 6) is 0.110. The van der Waals surface area contributed by atoms with Crippen LogP contribution < -0.4 is 18.9 Å². The van der Waals surface area contributed by atoms with E-state index in [1.807, 2.05) is 27.7 Å². The minimum absolute atomic E-state index is 0.00125. The van der Waals surface area contributed by atoms with Gasteiger partial charge in [-0.15, -0.1) is 0 Å². The van der Waals surface area contributed by atoms with E-state index in [4.69, 9.17) is 18.9 Å². The van der Waals surface area contributed by atoms with Crippen LogP contribution in [0.2, 0.25) is 0 Å². The lowest BCUT2D eigenvalue weighted by atomic mass is 9.94. The first-order chi connectivity index (χ1) is 18.2. The molecule has 9 heteroatoms. The van der Waals surface area contributed by atoms with Crippen LogP contribution in [0, 0.1) is 0 Å². The average molecular weight is 527 g/mol. The van der Waals surface area contributed by atoms with Crippen LogP contribution in [0.5, 0.6) is 23.0 Å². The summed E-state index contributed by atoms with van der Waals surface area (Å²) in [6, 6.07) is 9.33. The van der Waals surface area contributed by atoms with Gasteiger partial charge in [0.1, 0.15) is 11.5 Å². The molecule has 0 bridgehead atoms. The van der Waals surface area contributed by atoms with Crippen molar-refractivity contribution in [2.24, 2.45) is 0 Å². The van der Waals surface area contributed by atoms with E-state index in [0.717, 1.165) is 13.1 Å². The molecular weight excluding hydrogens is 488 g/mol. The highest BCUT2D eigenvalue weighted by molar-refractivity contribution is 6.46. The first kappa shape index (κ1) is 28.8. The highest BCUT2D eigenvalue weighted by atomic mass is 16.5. The zero-order valence-corrected chi connectivity index (χ0v) is 23.2. The number of hydrogen-bond acceptors (Lipinski definition) is 8. The fraction of sp³-hybridized carbons (Fsp3) is 0.448. The second-order valence-corrected chi connectivity index (χ2v) is 9.17. The third-order valence-corrected chi connectivity index (χ3v) is 6.59. The Hall–Kier alpha value is -3.72. The van der Waals surface area contributed by atoms with Crippen LogP contribution in [0.3, 0.4) is 0 Å². The van der Waals surface area contributed by atoms with E-state index >= 15 is 0 Å². The van der Waals surface area contributed by atoms with Gasteiger partial charge in [0.15, 0.2) is 11.5 Å². The van der Waals surface area contributed by atoms with Crippen molar-refractivity contribution >= 4 is 17.4 Å². The molecule has 1 N–H and O–H groups in total. The molecule has 1 aliphatic rings. The maximum Gasteiger partial charge on any atom is 0.295 e. The number of ether oxygens (including phenoxy) is 4. The summed E-state index contributed by atoms with van der Waals surface area (Å²) in [4.78, 5) is 30.4. The third-order valence-electron chi connectivity index (χ3n) is 6.59. The molecule has 1 aliphatic heterocycles. The van der Waals surface area contributed by atoms with Crippen molar-refractivity contribution in [3.05, 3.63) is 53.1 Å². The average Bonchev–Trinajstić information content (AvgIpc) is 3.17. The predicted octanol–water partition coefficient (Wildman–Crippen LogP) is 4.26. The SMILES string of the molecule is CCN(CC)CCN1C(=O)C(=O)/C(=C(/O)c2ccc(OC(C)C)cc2)C1c1cc(OC)c(OC)c(OC)c1. The largest absolute Gasteiger partial charge is 0.507 e. The van der Waals surface area contributed by atoms with Gasteiger partial charge in [0.2, 0.25) is 5.75 Å². The number of ketones is 1. The number of Topliss-reactive ketones (excluding diaryl/α,β-unsaturated/α-hetero) is 1. The number of carbonyl (C=O) groups excluding carboxylic acids is 2. The van der Waals surface area contributed by atoms with Crippen molar-refractivity contribution in [3.8, 4) is 23.0 Å². The van der Waals surface area contributed by atoms with Crippen molar-refractivity contribution < 1.29 is 33.6 Å². The molecule has 0 radical (unpaired) electrons. The van der Waals surface area contributed by atoms with Gasteiger partial charge in [-0.3, -0.25) is 9.59 Å². The molecule has 38 heavy (non-hydrogen) atoms. The molecular formula is C29H38N2O7. The van der Waals surface area contributed by atoms with Crippen LogP contribution in [0.4, 0.5) is 0 Å². The summed E-state index contributed by atoms with van der Waals surface area (Å²) in [7, 11) is 4.50. The van der Waals surface area contributed by atoms with E-state index in [9.17, 15) is 14.7 Å². The van der Waals surface area contributed by atoms with Gasteiger partial charge >= 0.3 is 0 Å². The van der Waals surface area contributed by atoms with Crippen LogP contribution in [0.25, 0.3) is 5.76 Å². The number of methoxy groups -OCH3 is 3. The van der Waals surface area contributed by atoms with Crippen LogP contribution in [0.15, 0.2) is 42.0 Å². The molecule has 2 aromatic rings. The fourth-order valence-corrected chi connectivity index (χ4v) is 4.62. The highest BCUT2D eigenvalue weighted by Gasteiger charge is 2.46. The molecule has 0 saturated carbocycles. The fourth-order valence-electron chi connectivity index (χ4n) is 4.62. The zero-order valence-electron chi connectivity index (χ0n) is 23.2. The number of carbonyl (C=O) groups is 2. The summed E-state index contributed by atoms with van der Waals surface area (Å²) < 4.78 is 22.2. The minimum Gasteiger partial charge on any atom is -0.507 e. The third kappa shape index (κ3) is 5.88. The van der Waals surface area contributed by atoms with E-state index in [2.05, 4.69) is 4.90 Å². The Labute approximate surface area is 224 Å². The van der Waals surface area contributed by atoms with Gasteiger partial charge < -0.3 is 33.9 Å². The van der Waals surface area contributed by atoms with E-state index < -0.39 is 17.7 Å². The van der Waals surface area contributed by atoms with Gasteiger partial charge in [0.25, 0.3) is 11.7 Å². The van der Waals surface area contributed by atoms with E-state index in [1.54, 1.807) is 36.4 Å². The molecule has 1 fully saturated rings. The second kappa shape index (κ2) is 12.7. The number of nitrogens with zero attached hydrogens (tertiary/aromatic N) is 2. The first-order valence-corrected chi connectivity index (χ1v) is 12.8. The summed E-state index contributed by atoms with van der Waals surface area (Å²) in [5, 5.41) is 11.4. The quantitative estimate of drug-likeness (QED) is 0.249. The van der Waals surface area contributed by atoms with Crippen molar-refractivity contribution in [3.63, 3.8) is 0 Å². The van der Waals surface area contributed by atoms with Gasteiger partial charge in [0.05, 0.1) is 39.0 Å². The topological polar surface area (TPSA) is 97.8 Å². The minimum atomic E-state index is -0.856. The molecule has 0 aromatic heterocycles. The van der Waals surface area contributed by atoms with Crippen molar-refractivity contribution in [1.82, 2.24) is 9.80 Å². The van der Waals surface area contributed by atoms with Crippen LogP contribution >= 0.6 is 0 Å². The Kier molecular flexibility index (Phi) is 9.63. The molecule has 206 valence electrons. The second-order valence-electron chi connectivity index (χ2n) is 9.17. The molecule has 1 amide bonds. The van der Waals surface area contributed by atoms with Crippen LogP contribution in [-0.4, -0.2) is 80.2 Å². The summed E-state index contributed by atoms with van der Waals surface area (Å²) in [6.07, 6.45) is -0.00869. The van der Waals surface area contributed by atoms with E-state index in [1.165, 1.54) is 26.2 Å². The van der Waals surface area contributed by atoms with Gasteiger partial charge in [-0.1, -0.05) is 13.8 Å². The van der Waals surface area contributed by atoms with Gasteiger partial charge in [-0.2, -0.15) is 0 Å². The van der Waals surface area contributed by atoms with E-state index in [-0.39, 0.29) is 17.4 Å². The maximum atomic E-state index is 13.4. The number of benzene rings is 2. The standard InChI is InChI=1S/C29H38N2O7/c1-8-30(9-2)14-15-31-25(20-16-22(35-5)28(37-7)23(17-20)36-6)24(27(33)29(31)34)26(32)19-10-12-21(13-11-19)38-18(3)4/h10-13,16-18,25,32H,8-9,14-15H2,1-7H3/b26-24+. The van der Waals surface area contributed by atoms with Crippen molar-refractivity contribution in [1.29, 1.82) is 0 Å². The summed E-state index contributed by atoms with van der Waals surface area (Å²) >= 11 is 0. The Bertz CT molecular complexity index is 1140. The maximum absolute atomic E-state index is 13.4. The molecule has 1 heterocycles. The number of rotatable bonds is 12. The van der Waals surface area contributed by atoms with Crippen molar-refractivity contribution in [2.75, 3.05) is 47.5 Å². The van der Waals surface area contributed by atoms with E-state index in [0.29, 0.717) is 47.2 Å². The molecule has 1 saturated heterocycles. The number of likely N-dealkylation sites (tertiary alicyclic amines) is 1. The van der Waals surface area contributed by atoms with Crippen LogP contribution in [0.1, 0.15) is 44.9 Å². The Morgan fingerprint density at radius 1 is 0.974 bits per heavy atom. The first-order valence-electron chi connectivity index (χ1n) is 12.8. The summed E-state index contributed by atoms with van der Waals surface area (Å²) in [6.45, 7) is 10.4.